The first-order valence-corrected chi connectivity index (χ1v) is 4.29. The Bertz CT molecular complexity index is 420. The molecule has 0 radical (unpaired) electrons. The van der Waals surface area contributed by atoms with Crippen LogP contribution in [0.1, 0.15) is 20.8 Å². The number of rotatable bonds is 4. The molecule has 4 N–H and O–H groups in total. The van der Waals surface area contributed by atoms with Crippen molar-refractivity contribution in [2.45, 2.75) is 0 Å². The van der Waals surface area contributed by atoms with Gasteiger partial charge in [-0.1, -0.05) is 0 Å². The Morgan fingerprint density at radius 1 is 1.22 bits per heavy atom. The van der Waals surface area contributed by atoms with E-state index in [1.807, 2.05) is 0 Å². The van der Waals surface area contributed by atoms with Crippen molar-refractivity contribution in [3.8, 4) is 0 Å². The van der Waals surface area contributed by atoms with E-state index in [4.69, 9.17) is 10.2 Å². The van der Waals surface area contributed by atoms with E-state index < -0.39 is 17.6 Å². The topological polar surface area (TPSA) is 151 Å². The van der Waals surface area contributed by atoms with E-state index in [2.05, 4.69) is 10.8 Å². The lowest BCUT2D eigenvalue weighted by atomic mass is 10.2. The first-order chi connectivity index (χ1) is 8.43. The summed E-state index contributed by atoms with van der Waals surface area (Å²) in [6.07, 6.45) is 1.66. The van der Waals surface area contributed by atoms with Crippen LogP contribution in [0, 0.1) is 0 Å². The molecule has 0 aliphatic carbocycles. The van der Waals surface area contributed by atoms with E-state index in [0.29, 0.717) is 5.01 Å². The van der Waals surface area contributed by atoms with Crippen LogP contribution >= 0.6 is 0 Å². The Morgan fingerprint density at radius 3 is 2.06 bits per heavy atom. The smallest absolute Gasteiger partial charge is 0.355 e. The SMILES string of the molecule is NN(C=O)C=O.O=C(O)c1cccnc1C(=O)O. The van der Waals surface area contributed by atoms with Crippen LogP contribution in [-0.4, -0.2) is 45.0 Å². The lowest BCUT2D eigenvalue weighted by Crippen LogP contribution is -2.26. The summed E-state index contributed by atoms with van der Waals surface area (Å²) in [5.74, 6) is 1.94. The third kappa shape index (κ3) is 4.81. The van der Waals surface area contributed by atoms with Gasteiger partial charge in [-0.25, -0.2) is 25.4 Å². The second kappa shape index (κ2) is 7.46. The summed E-state index contributed by atoms with van der Waals surface area (Å²) >= 11 is 0. The van der Waals surface area contributed by atoms with Gasteiger partial charge in [-0.05, 0) is 12.1 Å². The first kappa shape index (κ1) is 15.2. The van der Waals surface area contributed by atoms with E-state index in [-0.39, 0.29) is 18.4 Å². The van der Waals surface area contributed by atoms with Crippen molar-refractivity contribution < 1.29 is 29.4 Å². The number of carboxylic acid groups (broad SMARTS) is 2. The van der Waals surface area contributed by atoms with Crippen LogP contribution in [0.3, 0.4) is 0 Å². The van der Waals surface area contributed by atoms with Crippen LogP contribution in [-0.2, 0) is 9.59 Å². The van der Waals surface area contributed by atoms with Crippen molar-refractivity contribution in [3.05, 3.63) is 29.6 Å². The van der Waals surface area contributed by atoms with Gasteiger partial charge in [0.2, 0.25) is 12.8 Å². The second-order valence-electron chi connectivity index (χ2n) is 2.67. The van der Waals surface area contributed by atoms with Gasteiger partial charge in [0.05, 0.1) is 5.56 Å². The zero-order chi connectivity index (χ0) is 14.1. The number of carbonyl (C=O) groups excluding carboxylic acids is 2. The highest BCUT2D eigenvalue weighted by Crippen LogP contribution is 2.04. The molecule has 18 heavy (non-hydrogen) atoms. The number of carboxylic acids is 2. The maximum absolute atomic E-state index is 10.4. The number of nitrogens with zero attached hydrogens (tertiary/aromatic N) is 2. The zero-order valence-corrected chi connectivity index (χ0v) is 8.89. The van der Waals surface area contributed by atoms with Crippen molar-refractivity contribution in [2.75, 3.05) is 0 Å². The Kier molecular flexibility index (Phi) is 6.30. The van der Waals surface area contributed by atoms with Gasteiger partial charge < -0.3 is 10.2 Å². The molecule has 0 saturated heterocycles. The third-order valence-electron chi connectivity index (χ3n) is 1.48. The number of hydrazine groups is 1. The summed E-state index contributed by atoms with van der Waals surface area (Å²) < 4.78 is 0. The molecule has 0 spiro atoms. The Balaban J connectivity index is 0.000000411. The van der Waals surface area contributed by atoms with Crippen LogP contribution in [0.5, 0.6) is 0 Å². The highest BCUT2D eigenvalue weighted by molar-refractivity contribution is 5.99. The Hall–Kier alpha value is -2.81. The van der Waals surface area contributed by atoms with E-state index in [0.717, 1.165) is 0 Å². The fraction of sp³-hybridized carbons (Fsp3) is 0. The number of amides is 2. The molecule has 2 amide bonds. The fourth-order valence-electron chi connectivity index (χ4n) is 0.773. The van der Waals surface area contributed by atoms with Crippen LogP contribution < -0.4 is 5.84 Å². The summed E-state index contributed by atoms with van der Waals surface area (Å²) in [4.78, 5) is 42.9. The molecule has 0 saturated carbocycles. The standard InChI is InChI=1S/C7H5NO4.C2H4N2O2/c9-6(10)4-2-1-3-8-5(4)7(11)12;3-4(1-5)2-6/h1-3H,(H,9,10)(H,11,12);1-2H,3H2. The minimum atomic E-state index is -1.34. The average molecular weight is 255 g/mol. The number of hydrogen-bond donors (Lipinski definition) is 3. The summed E-state index contributed by atoms with van der Waals surface area (Å²) in [5, 5.41) is 17.4. The minimum Gasteiger partial charge on any atom is -0.478 e. The zero-order valence-electron chi connectivity index (χ0n) is 8.89. The minimum absolute atomic E-state index is 0.215. The number of carbonyl (C=O) groups is 4. The van der Waals surface area contributed by atoms with E-state index in [1.165, 1.54) is 18.3 Å². The number of aromatic nitrogens is 1. The van der Waals surface area contributed by atoms with Gasteiger partial charge in [-0.15, -0.1) is 0 Å². The predicted molar refractivity (Wildman–Crippen MR) is 56.3 cm³/mol. The molecule has 0 aliphatic rings. The van der Waals surface area contributed by atoms with Crippen molar-refractivity contribution in [1.29, 1.82) is 0 Å². The van der Waals surface area contributed by atoms with E-state index >= 15 is 0 Å². The van der Waals surface area contributed by atoms with Crippen molar-refractivity contribution in [1.82, 2.24) is 9.99 Å². The molecule has 9 heteroatoms. The molecule has 96 valence electrons. The van der Waals surface area contributed by atoms with Crippen molar-refractivity contribution >= 4 is 24.8 Å². The van der Waals surface area contributed by atoms with Gasteiger partial charge in [0.25, 0.3) is 0 Å². The molecule has 0 aromatic carbocycles. The number of pyridine rings is 1. The largest absolute Gasteiger partial charge is 0.478 e. The van der Waals surface area contributed by atoms with Crippen molar-refractivity contribution in [2.24, 2.45) is 5.84 Å². The van der Waals surface area contributed by atoms with E-state index in [9.17, 15) is 19.2 Å². The summed E-state index contributed by atoms with van der Waals surface area (Å²) in [7, 11) is 0. The maximum Gasteiger partial charge on any atom is 0.355 e. The molecule has 0 unspecified atom stereocenters. The van der Waals surface area contributed by atoms with Crippen LogP contribution in [0.25, 0.3) is 0 Å². The van der Waals surface area contributed by atoms with Gasteiger partial charge >= 0.3 is 11.9 Å². The first-order valence-electron chi connectivity index (χ1n) is 4.29. The number of imide groups is 1. The molecule has 0 bridgehead atoms. The molecular formula is C9H9N3O6. The molecule has 9 nitrogen and oxygen atoms in total. The van der Waals surface area contributed by atoms with Gasteiger partial charge in [-0.2, -0.15) is 0 Å². The van der Waals surface area contributed by atoms with Gasteiger partial charge in [0.1, 0.15) is 0 Å². The molecular weight excluding hydrogens is 246 g/mol. The van der Waals surface area contributed by atoms with Gasteiger partial charge in [0, 0.05) is 6.20 Å². The Morgan fingerprint density at radius 2 is 1.78 bits per heavy atom. The maximum atomic E-state index is 10.4. The molecule has 0 fully saturated rings. The molecule has 1 heterocycles. The van der Waals surface area contributed by atoms with Crippen LogP contribution in [0.4, 0.5) is 0 Å². The van der Waals surface area contributed by atoms with E-state index in [1.54, 1.807) is 0 Å². The summed E-state index contributed by atoms with van der Waals surface area (Å²) in [6, 6.07) is 2.56. The predicted octanol–water partition coefficient (Wildman–Crippen LogP) is -1.05. The molecule has 1 aromatic heterocycles. The summed E-state index contributed by atoms with van der Waals surface area (Å²) in [6.45, 7) is 0. The lowest BCUT2D eigenvalue weighted by molar-refractivity contribution is -0.129. The normalized spacial score (nSPS) is 8.50. The number of nitrogens with two attached hydrogens (primary N) is 1. The fourth-order valence-corrected chi connectivity index (χ4v) is 0.773. The highest BCUT2D eigenvalue weighted by atomic mass is 16.4. The quantitative estimate of drug-likeness (QED) is 0.267. The van der Waals surface area contributed by atoms with Crippen LogP contribution in [0.15, 0.2) is 18.3 Å². The number of aromatic carboxylic acids is 2. The lowest BCUT2D eigenvalue weighted by Gasteiger charge is -1.97. The Labute approximate surface area is 100 Å². The average Bonchev–Trinajstić information content (AvgIpc) is 2.38. The number of hydrogen-bond acceptors (Lipinski definition) is 6. The monoisotopic (exact) mass is 255 g/mol. The third-order valence-corrected chi connectivity index (χ3v) is 1.48. The second-order valence-corrected chi connectivity index (χ2v) is 2.67. The van der Waals surface area contributed by atoms with Gasteiger partial charge in [0.15, 0.2) is 5.69 Å². The highest BCUT2D eigenvalue weighted by Gasteiger charge is 2.15. The summed E-state index contributed by atoms with van der Waals surface area (Å²) in [5.41, 5.74) is -0.741. The van der Waals surface area contributed by atoms with Gasteiger partial charge in [-0.3, -0.25) is 9.59 Å². The van der Waals surface area contributed by atoms with Crippen molar-refractivity contribution in [3.63, 3.8) is 0 Å². The molecule has 1 rings (SSSR count). The molecule has 1 aromatic rings. The van der Waals surface area contributed by atoms with Crippen LogP contribution in [0.2, 0.25) is 0 Å². The molecule has 0 aliphatic heterocycles. The molecule has 0 atom stereocenters.